The molecule has 2 N–H and O–H groups in total. The van der Waals surface area contributed by atoms with E-state index in [4.69, 9.17) is 4.42 Å². The summed E-state index contributed by atoms with van der Waals surface area (Å²) in [7, 11) is 0. The Morgan fingerprint density at radius 2 is 0.892 bits per heavy atom. The van der Waals surface area contributed by atoms with Gasteiger partial charge in [-0.05, 0) is 69.5 Å². The summed E-state index contributed by atoms with van der Waals surface area (Å²) in [6, 6.07) is 30.6. The Labute approximate surface area is 221 Å². The lowest BCUT2D eigenvalue weighted by atomic mass is 9.84. The van der Waals surface area contributed by atoms with E-state index < -0.39 is 0 Å². The molecule has 0 aliphatic carbocycles. The molecule has 0 saturated heterocycles. The van der Waals surface area contributed by atoms with Crippen LogP contribution in [0.4, 0.5) is 0 Å². The number of furan rings is 1. The first-order valence-corrected chi connectivity index (χ1v) is 13.2. The summed E-state index contributed by atoms with van der Waals surface area (Å²) in [5, 5.41) is 0. The molecule has 37 heavy (non-hydrogen) atoms. The van der Waals surface area contributed by atoms with Crippen LogP contribution < -0.4 is 0 Å². The van der Waals surface area contributed by atoms with Crippen LogP contribution in [-0.4, -0.2) is 9.97 Å². The molecular weight excluding hydrogens is 452 g/mol. The van der Waals surface area contributed by atoms with Crippen LogP contribution in [0, 0.1) is 0 Å². The molecule has 0 spiro atoms. The van der Waals surface area contributed by atoms with Crippen molar-refractivity contribution in [1.82, 2.24) is 9.97 Å². The molecule has 0 fully saturated rings. The first-order valence-electron chi connectivity index (χ1n) is 13.2. The average Bonchev–Trinajstić information content (AvgIpc) is 3.64. The van der Waals surface area contributed by atoms with Gasteiger partial charge in [-0.25, -0.2) is 0 Å². The van der Waals surface area contributed by atoms with Crippen LogP contribution in [-0.2, 0) is 10.8 Å². The standard InChI is InChI=1S/C34H38N2O/c1-33(2,3)25-15-11-23(12-16-25)31(27-9-7-21-35-27)29-19-20-30(37-29)32(28-10-8-22-36-28)24-13-17-26(18-14-24)34(4,5)6/h7-22,31-32,35-36H,1-6H3. The van der Waals surface area contributed by atoms with Gasteiger partial charge >= 0.3 is 0 Å². The number of hydrogen-bond donors (Lipinski definition) is 2. The highest BCUT2D eigenvalue weighted by Gasteiger charge is 2.27. The quantitative estimate of drug-likeness (QED) is 0.245. The fraction of sp³-hybridized carbons (Fsp3) is 0.294. The van der Waals surface area contributed by atoms with Crippen molar-refractivity contribution >= 4 is 0 Å². The molecule has 3 heterocycles. The number of aromatic nitrogens is 2. The van der Waals surface area contributed by atoms with Crippen LogP contribution >= 0.6 is 0 Å². The van der Waals surface area contributed by atoms with E-state index in [2.05, 4.69) is 124 Å². The molecule has 5 aromatic rings. The van der Waals surface area contributed by atoms with Crippen molar-refractivity contribution in [2.24, 2.45) is 0 Å². The lowest BCUT2D eigenvalue weighted by molar-refractivity contribution is 0.452. The summed E-state index contributed by atoms with van der Waals surface area (Å²) in [5.41, 5.74) is 7.54. The number of rotatable bonds is 6. The predicted octanol–water partition coefficient (Wildman–Crippen LogP) is 8.89. The number of benzene rings is 2. The Morgan fingerprint density at radius 1 is 0.514 bits per heavy atom. The molecular formula is C34H38N2O. The summed E-state index contributed by atoms with van der Waals surface area (Å²) in [6.07, 6.45) is 3.96. The summed E-state index contributed by atoms with van der Waals surface area (Å²) >= 11 is 0. The molecule has 5 rings (SSSR count). The molecule has 2 unspecified atom stereocenters. The van der Waals surface area contributed by atoms with Crippen molar-refractivity contribution in [1.29, 1.82) is 0 Å². The van der Waals surface area contributed by atoms with Gasteiger partial charge in [0.25, 0.3) is 0 Å². The van der Waals surface area contributed by atoms with Gasteiger partial charge in [0.15, 0.2) is 0 Å². The van der Waals surface area contributed by atoms with Gasteiger partial charge in [0.1, 0.15) is 11.5 Å². The highest BCUT2D eigenvalue weighted by atomic mass is 16.3. The van der Waals surface area contributed by atoms with Crippen molar-refractivity contribution in [2.45, 2.75) is 64.2 Å². The lowest BCUT2D eigenvalue weighted by Crippen LogP contribution is -2.11. The van der Waals surface area contributed by atoms with E-state index in [1.54, 1.807) is 0 Å². The van der Waals surface area contributed by atoms with Crippen LogP contribution in [0.15, 0.2) is 102 Å². The smallest absolute Gasteiger partial charge is 0.117 e. The van der Waals surface area contributed by atoms with E-state index in [9.17, 15) is 0 Å². The molecule has 0 radical (unpaired) electrons. The van der Waals surface area contributed by atoms with Crippen molar-refractivity contribution in [3.8, 4) is 0 Å². The zero-order chi connectivity index (χ0) is 26.2. The first-order chi connectivity index (χ1) is 17.6. The number of aromatic amines is 2. The Bertz CT molecular complexity index is 1300. The molecule has 3 heteroatoms. The second-order valence-corrected chi connectivity index (χ2v) is 12.1. The fourth-order valence-electron chi connectivity index (χ4n) is 5.07. The minimum absolute atomic E-state index is 0.00896. The maximum Gasteiger partial charge on any atom is 0.117 e. The molecule has 0 bridgehead atoms. The summed E-state index contributed by atoms with van der Waals surface area (Å²) in [6.45, 7) is 13.5. The molecule has 0 saturated carbocycles. The van der Waals surface area contributed by atoms with E-state index in [0.29, 0.717) is 0 Å². The summed E-state index contributed by atoms with van der Waals surface area (Å²) < 4.78 is 6.72. The maximum atomic E-state index is 6.72. The van der Waals surface area contributed by atoms with Crippen molar-refractivity contribution < 1.29 is 4.42 Å². The maximum absolute atomic E-state index is 6.72. The third-order valence-electron chi connectivity index (χ3n) is 7.30. The largest absolute Gasteiger partial charge is 0.464 e. The third-order valence-corrected chi connectivity index (χ3v) is 7.30. The molecule has 190 valence electrons. The zero-order valence-electron chi connectivity index (χ0n) is 22.8. The van der Waals surface area contributed by atoms with E-state index in [1.165, 1.54) is 22.3 Å². The Balaban J connectivity index is 1.55. The van der Waals surface area contributed by atoms with Crippen LogP contribution in [0.3, 0.4) is 0 Å². The normalized spacial score (nSPS) is 14.0. The summed E-state index contributed by atoms with van der Waals surface area (Å²) in [4.78, 5) is 6.86. The Hall–Kier alpha value is -3.72. The monoisotopic (exact) mass is 490 g/mol. The minimum atomic E-state index is -0.00896. The van der Waals surface area contributed by atoms with Crippen molar-refractivity contribution in [3.05, 3.63) is 142 Å². The Kier molecular flexibility index (Phi) is 6.49. The average molecular weight is 491 g/mol. The van der Waals surface area contributed by atoms with Crippen LogP contribution in [0.1, 0.15) is 98.5 Å². The molecule has 3 aromatic heterocycles. The Morgan fingerprint density at radius 3 is 1.19 bits per heavy atom. The van der Waals surface area contributed by atoms with Gasteiger partial charge in [-0.2, -0.15) is 0 Å². The first kappa shape index (κ1) is 25.0. The minimum Gasteiger partial charge on any atom is -0.464 e. The van der Waals surface area contributed by atoms with E-state index in [1.807, 2.05) is 24.5 Å². The third kappa shape index (κ3) is 5.22. The van der Waals surface area contributed by atoms with Crippen LogP contribution in [0.5, 0.6) is 0 Å². The topological polar surface area (TPSA) is 44.7 Å². The van der Waals surface area contributed by atoms with Gasteiger partial charge in [-0.1, -0.05) is 90.1 Å². The molecule has 0 amide bonds. The van der Waals surface area contributed by atoms with Crippen molar-refractivity contribution in [2.75, 3.05) is 0 Å². The van der Waals surface area contributed by atoms with Gasteiger partial charge in [-0.15, -0.1) is 0 Å². The fourth-order valence-corrected chi connectivity index (χ4v) is 5.07. The number of H-pyrrole nitrogens is 2. The number of nitrogens with one attached hydrogen (secondary N) is 2. The SMILES string of the molecule is CC(C)(C)c1ccc(C(c2ccc[nH]2)c2ccc(C(c3ccc(C(C)(C)C)cc3)c3ccc[nH]3)o2)cc1. The van der Waals surface area contributed by atoms with E-state index in [-0.39, 0.29) is 22.7 Å². The molecule has 2 aromatic carbocycles. The van der Waals surface area contributed by atoms with Gasteiger partial charge < -0.3 is 14.4 Å². The van der Waals surface area contributed by atoms with Gasteiger partial charge in [0.2, 0.25) is 0 Å². The molecule has 2 atom stereocenters. The molecule has 0 aliphatic heterocycles. The van der Waals surface area contributed by atoms with E-state index in [0.717, 1.165) is 22.9 Å². The highest BCUT2D eigenvalue weighted by molar-refractivity contribution is 5.43. The molecule has 0 aliphatic rings. The molecule has 3 nitrogen and oxygen atoms in total. The zero-order valence-corrected chi connectivity index (χ0v) is 22.8. The number of hydrogen-bond acceptors (Lipinski definition) is 1. The van der Waals surface area contributed by atoms with E-state index >= 15 is 0 Å². The van der Waals surface area contributed by atoms with Gasteiger partial charge in [0, 0.05) is 23.8 Å². The lowest BCUT2D eigenvalue weighted by Gasteiger charge is -2.21. The highest BCUT2D eigenvalue weighted by Crippen LogP contribution is 2.38. The van der Waals surface area contributed by atoms with Gasteiger partial charge in [-0.3, -0.25) is 0 Å². The van der Waals surface area contributed by atoms with Crippen molar-refractivity contribution in [3.63, 3.8) is 0 Å². The van der Waals surface area contributed by atoms with Crippen LogP contribution in [0.25, 0.3) is 0 Å². The van der Waals surface area contributed by atoms with Crippen LogP contribution in [0.2, 0.25) is 0 Å². The van der Waals surface area contributed by atoms with Gasteiger partial charge in [0.05, 0.1) is 11.8 Å². The second-order valence-electron chi connectivity index (χ2n) is 12.1. The summed E-state index contributed by atoms with van der Waals surface area (Å²) in [5.74, 6) is 1.85. The second kappa shape index (κ2) is 9.63. The predicted molar refractivity (Wildman–Crippen MR) is 152 cm³/mol.